The van der Waals surface area contributed by atoms with Gasteiger partial charge in [0.1, 0.15) is 6.10 Å². The van der Waals surface area contributed by atoms with Gasteiger partial charge in [-0.15, -0.1) is 0 Å². The molecule has 2 heterocycles. The molecule has 0 aromatic heterocycles. The normalized spacial score (nSPS) is 38.4. The molecule has 0 N–H and O–H groups in total. The van der Waals surface area contributed by atoms with E-state index >= 15 is 0 Å². The summed E-state index contributed by atoms with van der Waals surface area (Å²) in [6.45, 7) is 7.19. The third-order valence-electron chi connectivity index (χ3n) is 6.69. The molecule has 2 aliphatic heterocycles. The molecule has 1 amide bonds. The molecule has 4 fully saturated rings. The summed E-state index contributed by atoms with van der Waals surface area (Å²) in [4.78, 5) is 29.4. The van der Waals surface area contributed by atoms with Crippen LogP contribution in [0.2, 0.25) is 0 Å². The molecule has 0 radical (unpaired) electrons. The van der Waals surface area contributed by atoms with Gasteiger partial charge in [-0.05, 0) is 64.5 Å². The van der Waals surface area contributed by atoms with Crippen molar-refractivity contribution < 1.29 is 14.3 Å². The number of carbonyl (C=O) groups is 2. The molecule has 2 aliphatic carbocycles. The van der Waals surface area contributed by atoms with Crippen molar-refractivity contribution in [2.45, 2.75) is 70.6 Å². The van der Waals surface area contributed by atoms with Crippen LogP contribution in [0.1, 0.15) is 52.4 Å². The summed E-state index contributed by atoms with van der Waals surface area (Å²) in [5, 5.41) is 0. The zero-order chi connectivity index (χ0) is 16.8. The molecule has 2 saturated heterocycles. The van der Waals surface area contributed by atoms with Gasteiger partial charge in [0.15, 0.2) is 0 Å². The molecule has 2 saturated carbocycles. The minimum absolute atomic E-state index is 0.0612. The van der Waals surface area contributed by atoms with Gasteiger partial charge in [-0.2, -0.15) is 0 Å². The van der Waals surface area contributed by atoms with Crippen LogP contribution < -0.4 is 0 Å². The van der Waals surface area contributed by atoms with Gasteiger partial charge in [0.2, 0.25) is 5.91 Å². The van der Waals surface area contributed by atoms with Gasteiger partial charge in [0.05, 0.1) is 12.5 Å². The van der Waals surface area contributed by atoms with Gasteiger partial charge in [-0.25, -0.2) is 0 Å². The lowest BCUT2D eigenvalue weighted by atomic mass is 9.87. The van der Waals surface area contributed by atoms with Crippen molar-refractivity contribution in [2.24, 2.45) is 17.8 Å². The minimum Gasteiger partial charge on any atom is -0.460 e. The second-order valence-electron chi connectivity index (χ2n) is 8.44. The summed E-state index contributed by atoms with van der Waals surface area (Å²) in [7, 11) is 0. The molecule has 5 atom stereocenters. The Labute approximate surface area is 144 Å². The average Bonchev–Trinajstić information content (AvgIpc) is 3.18. The number of fused-ring (bicyclic) bond motifs is 1. The average molecular weight is 334 g/mol. The Balaban J connectivity index is 1.36. The van der Waals surface area contributed by atoms with Gasteiger partial charge < -0.3 is 14.5 Å². The third-order valence-corrected chi connectivity index (χ3v) is 6.69. The highest BCUT2D eigenvalue weighted by atomic mass is 16.5. The van der Waals surface area contributed by atoms with Gasteiger partial charge in [0, 0.05) is 18.5 Å². The van der Waals surface area contributed by atoms with Crippen LogP contribution in [0.5, 0.6) is 0 Å². The molecular weight excluding hydrogens is 304 g/mol. The molecule has 24 heavy (non-hydrogen) atoms. The van der Waals surface area contributed by atoms with Crippen LogP contribution in [0, 0.1) is 17.8 Å². The van der Waals surface area contributed by atoms with E-state index in [1.807, 2.05) is 4.90 Å². The van der Waals surface area contributed by atoms with Crippen LogP contribution in [-0.2, 0) is 14.3 Å². The zero-order valence-corrected chi connectivity index (χ0v) is 14.9. The first-order chi connectivity index (χ1) is 11.6. The molecule has 4 rings (SSSR count). The van der Waals surface area contributed by atoms with Crippen LogP contribution in [0.15, 0.2) is 0 Å². The molecule has 0 aromatic rings. The number of ether oxygens (including phenoxy) is 1. The summed E-state index contributed by atoms with van der Waals surface area (Å²) >= 11 is 0. The highest BCUT2D eigenvalue weighted by Crippen LogP contribution is 2.57. The number of nitrogens with zero attached hydrogens (tertiary/aromatic N) is 2. The van der Waals surface area contributed by atoms with E-state index in [0.29, 0.717) is 24.2 Å². The predicted octanol–water partition coefficient (Wildman–Crippen LogP) is 2.05. The van der Waals surface area contributed by atoms with E-state index < -0.39 is 0 Å². The van der Waals surface area contributed by atoms with E-state index in [-0.39, 0.29) is 30.1 Å². The number of rotatable bonds is 5. The highest BCUT2D eigenvalue weighted by Gasteiger charge is 2.64. The predicted molar refractivity (Wildman–Crippen MR) is 90.3 cm³/mol. The quantitative estimate of drug-likeness (QED) is 0.722. The van der Waals surface area contributed by atoms with E-state index in [9.17, 15) is 9.59 Å². The van der Waals surface area contributed by atoms with Crippen molar-refractivity contribution in [1.82, 2.24) is 9.80 Å². The molecule has 0 aromatic carbocycles. The van der Waals surface area contributed by atoms with E-state index in [1.165, 1.54) is 19.3 Å². The van der Waals surface area contributed by atoms with E-state index in [0.717, 1.165) is 32.5 Å². The number of likely N-dealkylation sites (tertiary alicyclic amines) is 2. The lowest BCUT2D eigenvalue weighted by molar-refractivity contribution is -0.156. The summed E-state index contributed by atoms with van der Waals surface area (Å²) in [5.74, 6) is 1.25. The summed E-state index contributed by atoms with van der Waals surface area (Å²) in [5.41, 5.74) is 0. The van der Waals surface area contributed by atoms with Crippen molar-refractivity contribution in [2.75, 3.05) is 19.6 Å². The second-order valence-corrected chi connectivity index (χ2v) is 8.44. The summed E-state index contributed by atoms with van der Waals surface area (Å²) in [6, 6.07) is 0.335. The molecule has 2 bridgehead atoms. The van der Waals surface area contributed by atoms with Crippen LogP contribution in [0.3, 0.4) is 0 Å². The molecule has 5 unspecified atom stereocenters. The van der Waals surface area contributed by atoms with Gasteiger partial charge in [-0.3, -0.25) is 9.59 Å². The minimum atomic E-state index is -0.0715. The highest BCUT2D eigenvalue weighted by molar-refractivity contribution is 5.84. The first-order valence-corrected chi connectivity index (χ1v) is 9.80. The Bertz CT molecular complexity index is 515. The number of esters is 1. The van der Waals surface area contributed by atoms with Crippen molar-refractivity contribution >= 4 is 11.9 Å². The van der Waals surface area contributed by atoms with Crippen LogP contribution in [0.25, 0.3) is 0 Å². The standard InChI is InChI=1S/C19H30N2O3/c1-12(2)21-17-14-10-13(11-15(14)19(21)23)18(17)24-16(22)6-9-20-7-4-3-5-8-20/h12-15,17-18H,3-11H2,1-2H3. The van der Waals surface area contributed by atoms with Gasteiger partial charge in [0.25, 0.3) is 0 Å². The topological polar surface area (TPSA) is 49.9 Å². The fourth-order valence-corrected chi connectivity index (χ4v) is 5.67. The van der Waals surface area contributed by atoms with Gasteiger partial charge in [-0.1, -0.05) is 6.42 Å². The number of piperidine rings is 1. The molecule has 5 heteroatoms. The molecule has 4 aliphatic rings. The third kappa shape index (κ3) is 2.65. The van der Waals surface area contributed by atoms with Crippen molar-refractivity contribution in [3.63, 3.8) is 0 Å². The maximum absolute atomic E-state index is 12.6. The van der Waals surface area contributed by atoms with Crippen LogP contribution in [-0.4, -0.2) is 59.5 Å². The smallest absolute Gasteiger partial charge is 0.307 e. The van der Waals surface area contributed by atoms with E-state index in [1.54, 1.807) is 0 Å². The number of hydrogen-bond acceptors (Lipinski definition) is 4. The fourth-order valence-electron chi connectivity index (χ4n) is 5.67. The van der Waals surface area contributed by atoms with E-state index in [4.69, 9.17) is 4.74 Å². The van der Waals surface area contributed by atoms with Crippen molar-refractivity contribution in [3.8, 4) is 0 Å². The van der Waals surface area contributed by atoms with Crippen molar-refractivity contribution in [3.05, 3.63) is 0 Å². The largest absolute Gasteiger partial charge is 0.460 e. The number of carbonyl (C=O) groups excluding carboxylic acids is 2. The van der Waals surface area contributed by atoms with E-state index in [2.05, 4.69) is 18.7 Å². The zero-order valence-electron chi connectivity index (χ0n) is 14.9. The lowest BCUT2D eigenvalue weighted by Gasteiger charge is -2.34. The van der Waals surface area contributed by atoms with Crippen LogP contribution in [0.4, 0.5) is 0 Å². The Hall–Kier alpha value is -1.10. The monoisotopic (exact) mass is 334 g/mol. The summed E-state index contributed by atoms with van der Waals surface area (Å²) in [6.07, 6.45) is 6.22. The van der Waals surface area contributed by atoms with Crippen LogP contribution >= 0.6 is 0 Å². The fraction of sp³-hybridized carbons (Fsp3) is 0.895. The lowest BCUT2D eigenvalue weighted by Crippen LogP contribution is -2.47. The SMILES string of the molecule is CC(C)N1C(=O)C2CC3CC2C1C3OC(=O)CCN1CCCCC1. The molecule has 0 spiro atoms. The number of hydrogen-bond donors (Lipinski definition) is 0. The Morgan fingerprint density at radius 3 is 2.67 bits per heavy atom. The Morgan fingerprint density at radius 2 is 1.96 bits per heavy atom. The Kier molecular flexibility index (Phi) is 4.31. The summed E-state index contributed by atoms with van der Waals surface area (Å²) < 4.78 is 5.94. The first-order valence-electron chi connectivity index (χ1n) is 9.80. The van der Waals surface area contributed by atoms with Crippen molar-refractivity contribution in [1.29, 1.82) is 0 Å². The number of amides is 1. The maximum atomic E-state index is 12.6. The molecular formula is C19H30N2O3. The second kappa shape index (κ2) is 6.32. The Morgan fingerprint density at radius 1 is 1.21 bits per heavy atom. The molecule has 5 nitrogen and oxygen atoms in total. The van der Waals surface area contributed by atoms with Gasteiger partial charge >= 0.3 is 5.97 Å². The maximum Gasteiger partial charge on any atom is 0.307 e. The first kappa shape index (κ1) is 16.4. The molecule has 134 valence electrons.